The van der Waals surface area contributed by atoms with Crippen LogP contribution in [0.1, 0.15) is 19.8 Å². The van der Waals surface area contributed by atoms with Gasteiger partial charge in [-0.25, -0.2) is 0 Å². The highest BCUT2D eigenvalue weighted by Gasteiger charge is 2.29. The van der Waals surface area contributed by atoms with Gasteiger partial charge in [0, 0.05) is 12.1 Å². The SMILES string of the molecule is CCN(C)C1CCC1N. The Morgan fingerprint density at radius 3 is 2.33 bits per heavy atom. The van der Waals surface area contributed by atoms with Crippen LogP contribution in [0.2, 0.25) is 0 Å². The number of rotatable bonds is 2. The third kappa shape index (κ3) is 1.25. The summed E-state index contributed by atoms with van der Waals surface area (Å²) in [6, 6.07) is 1.13. The smallest absolute Gasteiger partial charge is 0.0244 e. The minimum Gasteiger partial charge on any atom is -0.326 e. The standard InChI is InChI=1S/C7H16N2/c1-3-9(2)7-5-4-6(7)8/h6-7H,3-5,8H2,1-2H3. The maximum Gasteiger partial charge on any atom is 0.0244 e. The van der Waals surface area contributed by atoms with Gasteiger partial charge in [0.15, 0.2) is 0 Å². The average molecular weight is 128 g/mol. The Labute approximate surface area is 57.0 Å². The van der Waals surface area contributed by atoms with E-state index in [0.29, 0.717) is 12.1 Å². The van der Waals surface area contributed by atoms with Crippen molar-refractivity contribution in [3.63, 3.8) is 0 Å². The fourth-order valence-corrected chi connectivity index (χ4v) is 1.29. The summed E-state index contributed by atoms with van der Waals surface area (Å²) in [6.07, 6.45) is 2.51. The quantitative estimate of drug-likeness (QED) is 0.584. The van der Waals surface area contributed by atoms with Crippen molar-refractivity contribution >= 4 is 0 Å². The summed E-state index contributed by atoms with van der Waals surface area (Å²) in [5.41, 5.74) is 5.76. The molecule has 2 unspecified atom stereocenters. The Bertz CT molecular complexity index is 92.9. The van der Waals surface area contributed by atoms with Crippen LogP contribution in [0.15, 0.2) is 0 Å². The Kier molecular flexibility index (Phi) is 2.09. The van der Waals surface area contributed by atoms with Crippen molar-refractivity contribution in [3.8, 4) is 0 Å². The van der Waals surface area contributed by atoms with E-state index in [2.05, 4.69) is 18.9 Å². The molecule has 0 aliphatic heterocycles. The van der Waals surface area contributed by atoms with Crippen molar-refractivity contribution in [1.29, 1.82) is 0 Å². The van der Waals surface area contributed by atoms with E-state index in [1.165, 1.54) is 12.8 Å². The molecule has 0 saturated heterocycles. The lowest BCUT2D eigenvalue weighted by atomic mass is 9.86. The molecule has 0 heterocycles. The summed E-state index contributed by atoms with van der Waals surface area (Å²) in [7, 11) is 2.14. The van der Waals surface area contributed by atoms with E-state index in [9.17, 15) is 0 Å². The van der Waals surface area contributed by atoms with Gasteiger partial charge in [-0.1, -0.05) is 6.92 Å². The summed E-state index contributed by atoms with van der Waals surface area (Å²) in [5.74, 6) is 0. The van der Waals surface area contributed by atoms with Crippen LogP contribution in [-0.2, 0) is 0 Å². The fourth-order valence-electron chi connectivity index (χ4n) is 1.29. The van der Waals surface area contributed by atoms with Gasteiger partial charge in [-0.3, -0.25) is 0 Å². The molecule has 0 aromatic heterocycles. The molecule has 2 nitrogen and oxygen atoms in total. The van der Waals surface area contributed by atoms with E-state index in [4.69, 9.17) is 5.73 Å². The van der Waals surface area contributed by atoms with E-state index in [0.717, 1.165) is 6.54 Å². The zero-order valence-corrected chi connectivity index (χ0v) is 6.30. The Balaban J connectivity index is 2.25. The molecule has 0 aromatic carbocycles. The van der Waals surface area contributed by atoms with Gasteiger partial charge >= 0.3 is 0 Å². The van der Waals surface area contributed by atoms with Crippen molar-refractivity contribution in [2.75, 3.05) is 13.6 Å². The third-order valence-electron chi connectivity index (χ3n) is 2.35. The lowest BCUT2D eigenvalue weighted by Gasteiger charge is -2.40. The van der Waals surface area contributed by atoms with Crippen LogP contribution in [0.3, 0.4) is 0 Å². The molecule has 0 spiro atoms. The monoisotopic (exact) mass is 128 g/mol. The highest BCUT2D eigenvalue weighted by Crippen LogP contribution is 2.21. The van der Waals surface area contributed by atoms with Gasteiger partial charge in [0.2, 0.25) is 0 Å². The Morgan fingerprint density at radius 2 is 2.22 bits per heavy atom. The summed E-state index contributed by atoms with van der Waals surface area (Å²) in [5, 5.41) is 0. The lowest BCUT2D eigenvalue weighted by molar-refractivity contribution is 0.138. The molecule has 1 rings (SSSR count). The van der Waals surface area contributed by atoms with Crippen LogP contribution in [0.25, 0.3) is 0 Å². The minimum atomic E-state index is 0.454. The topological polar surface area (TPSA) is 29.3 Å². The zero-order valence-electron chi connectivity index (χ0n) is 6.30. The molecule has 2 atom stereocenters. The number of nitrogens with zero attached hydrogens (tertiary/aromatic N) is 1. The maximum atomic E-state index is 5.76. The van der Waals surface area contributed by atoms with Crippen LogP contribution in [0.4, 0.5) is 0 Å². The molecule has 0 amide bonds. The molecule has 9 heavy (non-hydrogen) atoms. The van der Waals surface area contributed by atoms with Crippen molar-refractivity contribution < 1.29 is 0 Å². The second-order valence-electron chi connectivity index (χ2n) is 2.88. The molecule has 0 aromatic rings. The van der Waals surface area contributed by atoms with Gasteiger partial charge in [-0.05, 0) is 26.4 Å². The van der Waals surface area contributed by atoms with Crippen LogP contribution in [0, 0.1) is 0 Å². The second-order valence-corrected chi connectivity index (χ2v) is 2.88. The Morgan fingerprint density at radius 1 is 1.56 bits per heavy atom. The molecule has 2 N–H and O–H groups in total. The van der Waals surface area contributed by atoms with Gasteiger partial charge in [0.05, 0.1) is 0 Å². The molecule has 1 aliphatic rings. The van der Waals surface area contributed by atoms with E-state index in [1.54, 1.807) is 0 Å². The van der Waals surface area contributed by atoms with Gasteiger partial charge in [0.1, 0.15) is 0 Å². The summed E-state index contributed by atoms with van der Waals surface area (Å²) >= 11 is 0. The summed E-state index contributed by atoms with van der Waals surface area (Å²) in [4.78, 5) is 2.33. The molecule has 54 valence electrons. The lowest BCUT2D eigenvalue weighted by Crippen LogP contribution is -2.53. The molecule has 2 heteroatoms. The molecule has 1 aliphatic carbocycles. The highest BCUT2D eigenvalue weighted by atomic mass is 15.2. The first-order chi connectivity index (χ1) is 4.25. The van der Waals surface area contributed by atoms with E-state index < -0.39 is 0 Å². The van der Waals surface area contributed by atoms with Crippen molar-refractivity contribution in [2.24, 2.45) is 5.73 Å². The summed E-state index contributed by atoms with van der Waals surface area (Å²) < 4.78 is 0. The Hall–Kier alpha value is -0.0800. The largest absolute Gasteiger partial charge is 0.326 e. The second kappa shape index (κ2) is 2.67. The first-order valence-corrected chi connectivity index (χ1v) is 3.71. The van der Waals surface area contributed by atoms with Gasteiger partial charge in [0.25, 0.3) is 0 Å². The number of hydrogen-bond acceptors (Lipinski definition) is 2. The van der Waals surface area contributed by atoms with Crippen molar-refractivity contribution in [1.82, 2.24) is 4.90 Å². The molecule has 0 bridgehead atoms. The fraction of sp³-hybridized carbons (Fsp3) is 1.00. The van der Waals surface area contributed by atoms with Crippen LogP contribution in [0.5, 0.6) is 0 Å². The molecule has 1 fully saturated rings. The number of nitrogens with two attached hydrogens (primary N) is 1. The third-order valence-corrected chi connectivity index (χ3v) is 2.35. The minimum absolute atomic E-state index is 0.454. The molecule has 0 radical (unpaired) electrons. The van der Waals surface area contributed by atoms with Gasteiger partial charge in [-0.2, -0.15) is 0 Å². The first-order valence-electron chi connectivity index (χ1n) is 3.71. The maximum absolute atomic E-state index is 5.76. The first kappa shape index (κ1) is 7.03. The van der Waals surface area contributed by atoms with E-state index in [-0.39, 0.29) is 0 Å². The van der Waals surface area contributed by atoms with Crippen LogP contribution >= 0.6 is 0 Å². The van der Waals surface area contributed by atoms with Crippen molar-refractivity contribution in [2.45, 2.75) is 31.8 Å². The molecular formula is C7H16N2. The molecular weight excluding hydrogens is 112 g/mol. The average Bonchev–Trinajstić information content (AvgIpc) is 1.84. The van der Waals surface area contributed by atoms with E-state index >= 15 is 0 Å². The van der Waals surface area contributed by atoms with Gasteiger partial charge < -0.3 is 10.6 Å². The van der Waals surface area contributed by atoms with E-state index in [1.807, 2.05) is 0 Å². The summed E-state index contributed by atoms with van der Waals surface area (Å²) in [6.45, 7) is 3.30. The predicted molar refractivity (Wildman–Crippen MR) is 39.3 cm³/mol. The van der Waals surface area contributed by atoms with Crippen LogP contribution in [-0.4, -0.2) is 30.6 Å². The zero-order chi connectivity index (χ0) is 6.85. The highest BCUT2D eigenvalue weighted by molar-refractivity contribution is 4.90. The normalized spacial score (nSPS) is 34.7. The molecule has 1 saturated carbocycles. The predicted octanol–water partition coefficient (Wildman–Crippen LogP) is 0.428. The number of hydrogen-bond donors (Lipinski definition) is 1. The van der Waals surface area contributed by atoms with Crippen molar-refractivity contribution in [3.05, 3.63) is 0 Å². The van der Waals surface area contributed by atoms with Gasteiger partial charge in [-0.15, -0.1) is 0 Å². The van der Waals surface area contributed by atoms with Crippen LogP contribution < -0.4 is 5.73 Å². The number of likely N-dealkylation sites (N-methyl/N-ethyl adjacent to an activating group) is 1.